The molecule has 5 heteroatoms. The monoisotopic (exact) mass is 308 g/mol. The minimum Gasteiger partial charge on any atom is -0.295 e. The van der Waals surface area contributed by atoms with Gasteiger partial charge >= 0.3 is 0 Å². The number of rotatable bonds is 3. The van der Waals surface area contributed by atoms with Gasteiger partial charge in [-0.05, 0) is 42.4 Å². The second kappa shape index (κ2) is 6.19. The number of hydrogen-bond donors (Lipinski definition) is 0. The molecule has 2 aromatic rings. The summed E-state index contributed by atoms with van der Waals surface area (Å²) >= 11 is 7.99. The van der Waals surface area contributed by atoms with Gasteiger partial charge in [0.1, 0.15) is 5.82 Å². The molecule has 20 heavy (non-hydrogen) atoms. The lowest BCUT2D eigenvalue weighted by atomic mass is 10.0. The van der Waals surface area contributed by atoms with Gasteiger partial charge in [-0.15, -0.1) is 11.6 Å². The Morgan fingerprint density at radius 2 is 2.05 bits per heavy atom. The lowest BCUT2D eigenvalue weighted by Gasteiger charge is -2.23. The number of benzene rings is 1. The molecule has 0 N–H and O–H groups in total. The van der Waals surface area contributed by atoms with E-state index in [0.29, 0.717) is 17.1 Å². The third-order valence-corrected chi connectivity index (χ3v) is 5.13. The molecule has 1 aromatic heterocycles. The number of para-hydroxylation sites is 1. The predicted molar refractivity (Wildman–Crippen MR) is 85.6 cm³/mol. The van der Waals surface area contributed by atoms with Crippen LogP contribution in [-0.2, 0) is 12.4 Å². The first-order chi connectivity index (χ1) is 9.79. The molecule has 0 atom stereocenters. The van der Waals surface area contributed by atoms with Crippen LogP contribution in [0.3, 0.4) is 0 Å². The maximum absolute atomic E-state index is 12.6. The Hall–Kier alpha value is -1.000. The summed E-state index contributed by atoms with van der Waals surface area (Å²) in [5, 5.41) is 0.687. The highest BCUT2D eigenvalue weighted by Gasteiger charge is 2.18. The van der Waals surface area contributed by atoms with Gasteiger partial charge in [0, 0.05) is 6.54 Å². The van der Waals surface area contributed by atoms with Gasteiger partial charge in [0.15, 0.2) is 0 Å². The minimum absolute atomic E-state index is 0.0458. The summed E-state index contributed by atoms with van der Waals surface area (Å²) in [6.45, 7) is 0.749. The van der Waals surface area contributed by atoms with Gasteiger partial charge in [0.25, 0.3) is 5.56 Å². The average Bonchev–Trinajstić information content (AvgIpc) is 2.51. The van der Waals surface area contributed by atoms with Crippen LogP contribution in [0.15, 0.2) is 29.1 Å². The third-order valence-electron chi connectivity index (χ3n) is 3.84. The van der Waals surface area contributed by atoms with Crippen molar-refractivity contribution in [3.8, 4) is 0 Å². The highest BCUT2D eigenvalue weighted by molar-refractivity contribution is 7.99. The van der Waals surface area contributed by atoms with E-state index in [9.17, 15) is 4.79 Å². The molecule has 0 unspecified atom stereocenters. The van der Waals surface area contributed by atoms with E-state index in [-0.39, 0.29) is 11.4 Å². The van der Waals surface area contributed by atoms with Crippen molar-refractivity contribution in [3.05, 3.63) is 40.4 Å². The van der Waals surface area contributed by atoms with Gasteiger partial charge in [0.05, 0.1) is 16.8 Å². The molecule has 0 bridgehead atoms. The molecule has 1 aromatic carbocycles. The summed E-state index contributed by atoms with van der Waals surface area (Å²) in [5.74, 6) is 3.92. The standard InChI is InChI=1S/C15H17ClN2OS/c16-9-14-17-13-4-2-1-3-12(13)15(19)18(14)10-11-5-7-20-8-6-11/h1-4,11H,5-10H2. The van der Waals surface area contributed by atoms with Gasteiger partial charge < -0.3 is 0 Å². The maximum atomic E-state index is 12.6. The quantitative estimate of drug-likeness (QED) is 0.816. The van der Waals surface area contributed by atoms with Crippen LogP contribution in [0.25, 0.3) is 10.9 Å². The van der Waals surface area contributed by atoms with E-state index in [1.54, 1.807) is 4.57 Å². The van der Waals surface area contributed by atoms with E-state index < -0.39 is 0 Å². The SMILES string of the molecule is O=c1c2ccccc2nc(CCl)n1CC1CCSCC1. The molecule has 1 saturated heterocycles. The molecule has 0 radical (unpaired) electrons. The summed E-state index contributed by atoms with van der Waals surface area (Å²) in [7, 11) is 0. The fourth-order valence-corrected chi connectivity index (χ4v) is 4.10. The van der Waals surface area contributed by atoms with Crippen LogP contribution in [0.1, 0.15) is 18.7 Å². The fourth-order valence-electron chi connectivity index (χ4n) is 2.69. The molecular weight excluding hydrogens is 292 g/mol. The summed E-state index contributed by atoms with van der Waals surface area (Å²) in [5.41, 5.74) is 0.785. The Morgan fingerprint density at radius 3 is 2.80 bits per heavy atom. The maximum Gasteiger partial charge on any atom is 0.261 e. The van der Waals surface area contributed by atoms with Gasteiger partial charge in [-0.2, -0.15) is 11.8 Å². The molecule has 2 heterocycles. The molecule has 0 aliphatic carbocycles. The predicted octanol–water partition coefficient (Wildman–Crippen LogP) is 3.28. The molecule has 1 aliphatic heterocycles. The largest absolute Gasteiger partial charge is 0.295 e. The summed E-state index contributed by atoms with van der Waals surface area (Å²) in [6, 6.07) is 7.49. The van der Waals surface area contributed by atoms with Crippen molar-refractivity contribution in [3.63, 3.8) is 0 Å². The Morgan fingerprint density at radius 1 is 1.30 bits per heavy atom. The Labute approximate surface area is 127 Å². The summed E-state index contributed by atoms with van der Waals surface area (Å²) < 4.78 is 1.79. The number of aromatic nitrogens is 2. The number of alkyl halides is 1. The van der Waals surface area contributed by atoms with E-state index in [0.717, 1.165) is 12.1 Å². The number of fused-ring (bicyclic) bond motifs is 1. The normalized spacial score (nSPS) is 16.6. The zero-order valence-corrected chi connectivity index (χ0v) is 12.8. The van der Waals surface area contributed by atoms with E-state index in [1.807, 2.05) is 36.0 Å². The molecule has 1 fully saturated rings. The first-order valence-electron chi connectivity index (χ1n) is 6.92. The smallest absolute Gasteiger partial charge is 0.261 e. The number of nitrogens with zero attached hydrogens (tertiary/aromatic N) is 2. The van der Waals surface area contributed by atoms with Crippen LogP contribution < -0.4 is 5.56 Å². The number of halogens is 1. The van der Waals surface area contributed by atoms with Crippen molar-refractivity contribution in [1.82, 2.24) is 9.55 Å². The van der Waals surface area contributed by atoms with Crippen LogP contribution in [0.4, 0.5) is 0 Å². The van der Waals surface area contributed by atoms with Gasteiger partial charge in [-0.25, -0.2) is 4.98 Å². The van der Waals surface area contributed by atoms with Crippen molar-refractivity contribution < 1.29 is 0 Å². The van der Waals surface area contributed by atoms with Crippen molar-refractivity contribution in [2.75, 3.05) is 11.5 Å². The molecule has 3 rings (SSSR count). The van der Waals surface area contributed by atoms with Crippen molar-refractivity contribution in [2.45, 2.75) is 25.3 Å². The molecule has 1 aliphatic rings. The van der Waals surface area contributed by atoms with Crippen LogP contribution >= 0.6 is 23.4 Å². The molecule has 106 valence electrons. The van der Waals surface area contributed by atoms with E-state index in [2.05, 4.69) is 4.98 Å². The number of hydrogen-bond acceptors (Lipinski definition) is 3. The highest BCUT2D eigenvalue weighted by atomic mass is 35.5. The van der Waals surface area contributed by atoms with Crippen LogP contribution in [0.5, 0.6) is 0 Å². The van der Waals surface area contributed by atoms with Crippen molar-refractivity contribution in [1.29, 1.82) is 0 Å². The molecule has 0 saturated carbocycles. The highest BCUT2D eigenvalue weighted by Crippen LogP contribution is 2.24. The van der Waals surface area contributed by atoms with Gasteiger partial charge in [0.2, 0.25) is 0 Å². The van der Waals surface area contributed by atoms with E-state index in [1.165, 1.54) is 24.3 Å². The molecule has 0 spiro atoms. The van der Waals surface area contributed by atoms with Gasteiger partial charge in [-0.1, -0.05) is 12.1 Å². The third kappa shape index (κ3) is 2.72. The number of thioether (sulfide) groups is 1. The lowest BCUT2D eigenvalue weighted by molar-refractivity contribution is 0.403. The molecular formula is C15H17ClN2OS. The Kier molecular flexibility index (Phi) is 4.32. The molecule has 0 amide bonds. The van der Waals surface area contributed by atoms with Crippen molar-refractivity contribution >= 4 is 34.3 Å². The first-order valence-corrected chi connectivity index (χ1v) is 8.60. The lowest BCUT2D eigenvalue weighted by Crippen LogP contribution is -2.29. The summed E-state index contributed by atoms with van der Waals surface area (Å²) in [4.78, 5) is 17.2. The Bertz CT molecular complexity index is 664. The van der Waals surface area contributed by atoms with Crippen LogP contribution in [0, 0.1) is 5.92 Å². The topological polar surface area (TPSA) is 34.9 Å². The zero-order valence-electron chi connectivity index (χ0n) is 11.2. The van der Waals surface area contributed by atoms with E-state index in [4.69, 9.17) is 11.6 Å². The second-order valence-electron chi connectivity index (χ2n) is 5.15. The van der Waals surface area contributed by atoms with E-state index >= 15 is 0 Å². The zero-order chi connectivity index (χ0) is 13.9. The van der Waals surface area contributed by atoms with Crippen molar-refractivity contribution in [2.24, 2.45) is 5.92 Å². The van der Waals surface area contributed by atoms with Crippen LogP contribution in [-0.4, -0.2) is 21.1 Å². The van der Waals surface area contributed by atoms with Gasteiger partial charge in [-0.3, -0.25) is 9.36 Å². The molecule has 3 nitrogen and oxygen atoms in total. The first kappa shape index (κ1) is 14.0. The Balaban J connectivity index is 2.03. The summed E-state index contributed by atoms with van der Waals surface area (Å²) in [6.07, 6.45) is 2.34. The minimum atomic E-state index is 0.0458. The second-order valence-corrected chi connectivity index (χ2v) is 6.64. The average molecular weight is 309 g/mol. The van der Waals surface area contributed by atoms with Crippen LogP contribution in [0.2, 0.25) is 0 Å². The fraction of sp³-hybridized carbons (Fsp3) is 0.467.